The molecule has 1 N–H and O–H groups in total. The lowest BCUT2D eigenvalue weighted by molar-refractivity contribution is 0.965. The summed E-state index contributed by atoms with van der Waals surface area (Å²) in [5.74, 6) is 1.74. The Hall–Kier alpha value is -2.88. The number of fused-ring (bicyclic) bond motifs is 1. The van der Waals surface area contributed by atoms with Crippen molar-refractivity contribution in [2.45, 2.75) is 13.3 Å². The molecule has 0 unspecified atom stereocenters. The monoisotopic (exact) mass is 302 g/mol. The lowest BCUT2D eigenvalue weighted by Crippen LogP contribution is -2.15. The van der Waals surface area contributed by atoms with Crippen LogP contribution in [0.1, 0.15) is 11.1 Å². The summed E-state index contributed by atoms with van der Waals surface area (Å²) in [6, 6.07) is 18.8. The van der Waals surface area contributed by atoms with E-state index in [1.54, 1.807) is 6.33 Å². The second kappa shape index (κ2) is 5.72. The van der Waals surface area contributed by atoms with E-state index in [9.17, 15) is 0 Å². The topological polar surface area (TPSA) is 41.0 Å². The summed E-state index contributed by atoms with van der Waals surface area (Å²) < 4.78 is 0. The zero-order valence-electron chi connectivity index (χ0n) is 13.0. The van der Waals surface area contributed by atoms with E-state index < -0.39 is 0 Å². The Morgan fingerprint density at radius 1 is 1.00 bits per heavy atom. The highest BCUT2D eigenvalue weighted by Crippen LogP contribution is 2.33. The van der Waals surface area contributed by atoms with Gasteiger partial charge in [0.25, 0.3) is 0 Å². The zero-order chi connectivity index (χ0) is 15.6. The molecule has 3 aromatic rings. The van der Waals surface area contributed by atoms with Crippen LogP contribution in [0.15, 0.2) is 60.9 Å². The normalized spacial score (nSPS) is 13.0. The maximum absolute atomic E-state index is 4.45. The third-order valence-corrected chi connectivity index (χ3v) is 4.11. The van der Waals surface area contributed by atoms with E-state index in [0.717, 1.165) is 30.3 Å². The first-order chi connectivity index (χ1) is 11.3. The van der Waals surface area contributed by atoms with Crippen molar-refractivity contribution in [2.75, 3.05) is 16.8 Å². The van der Waals surface area contributed by atoms with Crippen LogP contribution in [0, 0.1) is 6.92 Å². The van der Waals surface area contributed by atoms with Gasteiger partial charge in [-0.1, -0.05) is 30.3 Å². The fourth-order valence-corrected chi connectivity index (χ4v) is 3.01. The molecular weight excluding hydrogens is 284 g/mol. The molecule has 0 saturated heterocycles. The van der Waals surface area contributed by atoms with E-state index in [4.69, 9.17) is 0 Å². The van der Waals surface area contributed by atoms with Gasteiger partial charge in [-0.3, -0.25) is 0 Å². The van der Waals surface area contributed by atoms with Crippen LogP contribution in [0.25, 0.3) is 0 Å². The molecule has 1 aliphatic heterocycles. The molecule has 0 saturated carbocycles. The second-order valence-corrected chi connectivity index (χ2v) is 5.79. The predicted octanol–water partition coefficient (Wildman–Crippen LogP) is 4.22. The number of aromatic nitrogens is 2. The maximum atomic E-state index is 4.45. The van der Waals surface area contributed by atoms with Crippen LogP contribution in [0.2, 0.25) is 0 Å². The SMILES string of the molecule is Cc1cccc(Nc2cc(N3CCc4ccccc43)ncn2)c1. The molecule has 0 fully saturated rings. The summed E-state index contributed by atoms with van der Waals surface area (Å²) in [6.07, 6.45) is 2.68. The lowest BCUT2D eigenvalue weighted by Gasteiger charge is -2.18. The Morgan fingerprint density at radius 3 is 2.83 bits per heavy atom. The predicted molar refractivity (Wildman–Crippen MR) is 93.6 cm³/mol. The number of para-hydroxylation sites is 1. The van der Waals surface area contributed by atoms with Gasteiger partial charge < -0.3 is 10.2 Å². The number of rotatable bonds is 3. The van der Waals surface area contributed by atoms with Crippen molar-refractivity contribution in [3.8, 4) is 0 Å². The molecule has 0 radical (unpaired) electrons. The van der Waals surface area contributed by atoms with E-state index in [-0.39, 0.29) is 0 Å². The summed E-state index contributed by atoms with van der Waals surface area (Å²) >= 11 is 0. The second-order valence-electron chi connectivity index (χ2n) is 5.79. The van der Waals surface area contributed by atoms with E-state index in [1.165, 1.54) is 16.8 Å². The first kappa shape index (κ1) is 13.8. The van der Waals surface area contributed by atoms with Crippen LogP contribution in [0.3, 0.4) is 0 Å². The molecule has 1 aromatic heterocycles. The van der Waals surface area contributed by atoms with E-state index in [2.05, 4.69) is 63.5 Å². The Morgan fingerprint density at radius 2 is 1.91 bits per heavy atom. The summed E-state index contributed by atoms with van der Waals surface area (Å²) in [5.41, 5.74) is 4.88. The van der Waals surface area contributed by atoms with E-state index in [0.29, 0.717) is 0 Å². The minimum absolute atomic E-state index is 0.810. The summed E-state index contributed by atoms with van der Waals surface area (Å²) in [4.78, 5) is 11.0. The van der Waals surface area contributed by atoms with Gasteiger partial charge in [-0.05, 0) is 42.7 Å². The van der Waals surface area contributed by atoms with Crippen molar-refractivity contribution in [1.29, 1.82) is 0 Å². The minimum atomic E-state index is 0.810. The van der Waals surface area contributed by atoms with Crippen LogP contribution < -0.4 is 10.2 Å². The molecular formula is C19H18N4. The van der Waals surface area contributed by atoms with Crippen molar-refractivity contribution in [2.24, 2.45) is 0 Å². The Labute approximate surface area is 135 Å². The number of aryl methyl sites for hydroxylation is 1. The Kier molecular flexibility index (Phi) is 3.42. The number of hydrogen-bond donors (Lipinski definition) is 1. The zero-order valence-corrected chi connectivity index (χ0v) is 13.0. The molecule has 23 heavy (non-hydrogen) atoms. The fraction of sp³-hybridized carbons (Fsp3) is 0.158. The van der Waals surface area contributed by atoms with Crippen LogP contribution in [0.5, 0.6) is 0 Å². The molecule has 4 rings (SSSR count). The van der Waals surface area contributed by atoms with Gasteiger partial charge in [0.2, 0.25) is 0 Å². The molecule has 0 spiro atoms. The highest BCUT2D eigenvalue weighted by atomic mass is 15.2. The molecule has 0 amide bonds. The minimum Gasteiger partial charge on any atom is -0.340 e. The first-order valence-electron chi connectivity index (χ1n) is 7.81. The molecule has 2 aromatic carbocycles. The Balaban J connectivity index is 1.62. The fourth-order valence-electron chi connectivity index (χ4n) is 3.01. The van der Waals surface area contributed by atoms with Gasteiger partial charge in [0.1, 0.15) is 18.0 Å². The van der Waals surface area contributed by atoms with Gasteiger partial charge in [-0.25, -0.2) is 9.97 Å². The highest BCUT2D eigenvalue weighted by molar-refractivity contribution is 5.69. The van der Waals surface area contributed by atoms with Crippen LogP contribution in [0.4, 0.5) is 23.0 Å². The number of nitrogens with one attached hydrogen (secondary N) is 1. The largest absolute Gasteiger partial charge is 0.340 e. The highest BCUT2D eigenvalue weighted by Gasteiger charge is 2.20. The molecule has 4 nitrogen and oxygen atoms in total. The molecule has 0 bridgehead atoms. The third-order valence-electron chi connectivity index (χ3n) is 4.11. The van der Waals surface area contributed by atoms with Gasteiger partial charge >= 0.3 is 0 Å². The number of anilines is 4. The summed E-state index contributed by atoms with van der Waals surface area (Å²) in [5, 5.41) is 3.35. The Bertz CT molecular complexity index is 844. The molecule has 0 atom stereocenters. The molecule has 114 valence electrons. The van der Waals surface area contributed by atoms with Gasteiger partial charge in [0, 0.05) is 24.0 Å². The van der Waals surface area contributed by atoms with Crippen LogP contribution in [-0.2, 0) is 6.42 Å². The van der Waals surface area contributed by atoms with Gasteiger partial charge in [0.15, 0.2) is 0 Å². The van der Waals surface area contributed by atoms with Gasteiger partial charge in [-0.2, -0.15) is 0 Å². The van der Waals surface area contributed by atoms with E-state index in [1.807, 2.05) is 18.2 Å². The van der Waals surface area contributed by atoms with Crippen molar-refractivity contribution in [3.63, 3.8) is 0 Å². The molecule has 0 aliphatic carbocycles. The standard InChI is InChI=1S/C19H18N4/c1-14-5-4-7-16(11-14)22-18-12-19(21-13-20-18)23-10-9-15-6-2-3-8-17(15)23/h2-8,11-13H,9-10H2,1H3,(H,20,21,22). The number of benzene rings is 2. The quantitative estimate of drug-likeness (QED) is 0.786. The first-order valence-corrected chi connectivity index (χ1v) is 7.81. The third kappa shape index (κ3) is 2.75. The van der Waals surface area contributed by atoms with Crippen LogP contribution >= 0.6 is 0 Å². The molecule has 4 heteroatoms. The van der Waals surface area contributed by atoms with Gasteiger partial charge in [0.05, 0.1) is 0 Å². The number of hydrogen-bond acceptors (Lipinski definition) is 4. The average Bonchev–Trinajstić information content (AvgIpc) is 2.99. The summed E-state index contributed by atoms with van der Waals surface area (Å²) in [7, 11) is 0. The smallest absolute Gasteiger partial charge is 0.138 e. The van der Waals surface area contributed by atoms with Crippen molar-refractivity contribution in [3.05, 3.63) is 72.1 Å². The van der Waals surface area contributed by atoms with Crippen molar-refractivity contribution >= 4 is 23.0 Å². The van der Waals surface area contributed by atoms with Crippen molar-refractivity contribution in [1.82, 2.24) is 9.97 Å². The average molecular weight is 302 g/mol. The molecule has 2 heterocycles. The van der Waals surface area contributed by atoms with Crippen LogP contribution in [-0.4, -0.2) is 16.5 Å². The van der Waals surface area contributed by atoms with Crippen molar-refractivity contribution < 1.29 is 0 Å². The maximum Gasteiger partial charge on any atom is 0.138 e. The summed E-state index contributed by atoms with van der Waals surface area (Å²) in [6.45, 7) is 3.04. The number of nitrogens with zero attached hydrogens (tertiary/aromatic N) is 3. The lowest BCUT2D eigenvalue weighted by atomic mass is 10.2. The van der Waals surface area contributed by atoms with E-state index >= 15 is 0 Å². The molecule has 1 aliphatic rings. The van der Waals surface area contributed by atoms with Gasteiger partial charge in [-0.15, -0.1) is 0 Å².